The van der Waals surface area contributed by atoms with E-state index in [0.29, 0.717) is 0 Å². The second-order valence-corrected chi connectivity index (χ2v) is 4.31. The smallest absolute Gasteiger partial charge is 0.225 e. The van der Waals surface area contributed by atoms with Gasteiger partial charge in [-0.1, -0.05) is 13.8 Å². The van der Waals surface area contributed by atoms with Gasteiger partial charge in [0.2, 0.25) is 5.91 Å². The van der Waals surface area contributed by atoms with Crippen LogP contribution in [0.25, 0.3) is 0 Å². The van der Waals surface area contributed by atoms with E-state index in [1.165, 1.54) is 11.1 Å². The number of rotatable bonds is 1. The second-order valence-electron chi connectivity index (χ2n) is 4.31. The zero-order valence-corrected chi connectivity index (χ0v) is 9.23. The summed E-state index contributed by atoms with van der Waals surface area (Å²) in [4.78, 5) is 17.8. The summed E-state index contributed by atoms with van der Waals surface area (Å²) < 4.78 is 0. The van der Waals surface area contributed by atoms with Crippen LogP contribution in [0.5, 0.6) is 0 Å². The van der Waals surface area contributed by atoms with Gasteiger partial charge < -0.3 is 4.90 Å². The summed E-state index contributed by atoms with van der Waals surface area (Å²) in [6.45, 7) is 5.45. The van der Waals surface area contributed by atoms with Gasteiger partial charge in [0.15, 0.2) is 0 Å². The number of carbonyl (C=O) groups is 1. The van der Waals surface area contributed by atoms with E-state index in [-0.39, 0.29) is 11.8 Å². The van der Waals surface area contributed by atoms with Gasteiger partial charge in [-0.15, -0.1) is 0 Å². The van der Waals surface area contributed by atoms with Crippen molar-refractivity contribution in [2.75, 3.05) is 6.54 Å². The second kappa shape index (κ2) is 4.01. The molecule has 1 aliphatic rings. The van der Waals surface area contributed by atoms with Crippen molar-refractivity contribution in [2.24, 2.45) is 5.92 Å². The summed E-state index contributed by atoms with van der Waals surface area (Å²) >= 11 is 0. The molecule has 0 saturated carbocycles. The maximum absolute atomic E-state index is 11.8. The third-order valence-corrected chi connectivity index (χ3v) is 2.82. The Kier molecular flexibility index (Phi) is 2.71. The molecule has 1 amide bonds. The van der Waals surface area contributed by atoms with Crippen LogP contribution in [0.3, 0.4) is 0 Å². The zero-order chi connectivity index (χ0) is 10.8. The molecule has 3 nitrogen and oxygen atoms in total. The summed E-state index contributed by atoms with van der Waals surface area (Å²) in [5.41, 5.74) is 2.52. The molecule has 0 atom stereocenters. The van der Waals surface area contributed by atoms with Crippen molar-refractivity contribution in [1.82, 2.24) is 9.88 Å². The molecule has 0 bridgehead atoms. The maximum atomic E-state index is 11.8. The van der Waals surface area contributed by atoms with Crippen LogP contribution in [0.1, 0.15) is 25.0 Å². The minimum atomic E-state index is 0.0863. The third-order valence-electron chi connectivity index (χ3n) is 2.82. The fourth-order valence-electron chi connectivity index (χ4n) is 1.94. The summed E-state index contributed by atoms with van der Waals surface area (Å²) in [5, 5.41) is 0. The van der Waals surface area contributed by atoms with Crippen molar-refractivity contribution in [3.63, 3.8) is 0 Å². The van der Waals surface area contributed by atoms with Gasteiger partial charge in [-0.05, 0) is 23.6 Å². The van der Waals surface area contributed by atoms with Gasteiger partial charge in [0.25, 0.3) is 0 Å². The molecule has 0 N–H and O–H groups in total. The Labute approximate surface area is 90.1 Å². The molecule has 15 heavy (non-hydrogen) atoms. The molecule has 1 aromatic rings. The first kappa shape index (κ1) is 10.1. The molecule has 0 aromatic carbocycles. The summed E-state index contributed by atoms with van der Waals surface area (Å²) in [6, 6.07) is 2.05. The first-order valence-electron chi connectivity index (χ1n) is 5.39. The van der Waals surface area contributed by atoms with E-state index in [1.54, 1.807) is 0 Å². The Balaban J connectivity index is 2.15. The van der Waals surface area contributed by atoms with Gasteiger partial charge in [-0.25, -0.2) is 0 Å². The van der Waals surface area contributed by atoms with Gasteiger partial charge in [-0.2, -0.15) is 0 Å². The van der Waals surface area contributed by atoms with Crippen molar-refractivity contribution < 1.29 is 4.79 Å². The monoisotopic (exact) mass is 204 g/mol. The van der Waals surface area contributed by atoms with Crippen molar-refractivity contribution in [1.29, 1.82) is 0 Å². The molecule has 0 unspecified atom stereocenters. The number of fused-ring (bicyclic) bond motifs is 1. The highest BCUT2D eigenvalue weighted by Crippen LogP contribution is 2.18. The highest BCUT2D eigenvalue weighted by molar-refractivity contribution is 5.78. The van der Waals surface area contributed by atoms with Gasteiger partial charge >= 0.3 is 0 Å². The summed E-state index contributed by atoms with van der Waals surface area (Å²) in [7, 11) is 0. The van der Waals surface area contributed by atoms with Crippen LogP contribution < -0.4 is 0 Å². The summed E-state index contributed by atoms with van der Waals surface area (Å²) in [6.07, 6.45) is 4.64. The zero-order valence-electron chi connectivity index (χ0n) is 9.23. The van der Waals surface area contributed by atoms with Crippen LogP contribution in [0.2, 0.25) is 0 Å². The van der Waals surface area contributed by atoms with Crippen molar-refractivity contribution in [3.8, 4) is 0 Å². The topological polar surface area (TPSA) is 33.2 Å². The molecule has 2 rings (SSSR count). The summed E-state index contributed by atoms with van der Waals surface area (Å²) in [5.74, 6) is 0.327. The number of aromatic nitrogens is 1. The minimum Gasteiger partial charge on any atom is -0.338 e. The van der Waals surface area contributed by atoms with Gasteiger partial charge in [0.1, 0.15) is 0 Å². The first-order valence-corrected chi connectivity index (χ1v) is 5.39. The molecular weight excluding hydrogens is 188 g/mol. The van der Waals surface area contributed by atoms with E-state index in [9.17, 15) is 4.79 Å². The molecule has 0 spiro atoms. The highest BCUT2D eigenvalue weighted by Gasteiger charge is 2.22. The predicted molar refractivity (Wildman–Crippen MR) is 58.2 cm³/mol. The molecule has 2 heterocycles. The first-order chi connectivity index (χ1) is 7.18. The standard InChI is InChI=1S/C12H16N2O/c1-9(2)12(15)14-6-4-10-3-5-13-7-11(10)8-14/h3,5,7,9H,4,6,8H2,1-2H3. The Bertz CT molecular complexity index is 374. The Morgan fingerprint density at radius 2 is 2.27 bits per heavy atom. The van der Waals surface area contributed by atoms with E-state index in [0.717, 1.165) is 19.5 Å². The van der Waals surface area contributed by atoms with Crippen LogP contribution in [0.4, 0.5) is 0 Å². The van der Waals surface area contributed by atoms with E-state index < -0.39 is 0 Å². The average Bonchev–Trinajstić information content (AvgIpc) is 2.27. The number of carbonyl (C=O) groups excluding carboxylic acids is 1. The van der Waals surface area contributed by atoms with Crippen molar-refractivity contribution >= 4 is 5.91 Å². The fourth-order valence-corrected chi connectivity index (χ4v) is 1.94. The van der Waals surface area contributed by atoms with Gasteiger partial charge in [-0.3, -0.25) is 9.78 Å². The number of hydrogen-bond acceptors (Lipinski definition) is 2. The lowest BCUT2D eigenvalue weighted by Gasteiger charge is -2.29. The molecule has 1 aromatic heterocycles. The Morgan fingerprint density at radius 1 is 1.47 bits per heavy atom. The number of pyridine rings is 1. The average molecular weight is 204 g/mol. The minimum absolute atomic E-state index is 0.0863. The van der Waals surface area contributed by atoms with E-state index in [2.05, 4.69) is 4.98 Å². The molecule has 0 radical (unpaired) electrons. The maximum Gasteiger partial charge on any atom is 0.225 e. The molecule has 0 fully saturated rings. The number of nitrogens with zero attached hydrogens (tertiary/aromatic N) is 2. The van der Waals surface area contributed by atoms with Gasteiger partial charge in [0.05, 0.1) is 0 Å². The van der Waals surface area contributed by atoms with E-state index in [4.69, 9.17) is 0 Å². The lowest BCUT2D eigenvalue weighted by molar-refractivity contribution is -0.135. The molecular formula is C12H16N2O. The van der Waals surface area contributed by atoms with Crippen LogP contribution >= 0.6 is 0 Å². The van der Waals surface area contributed by atoms with Crippen molar-refractivity contribution in [3.05, 3.63) is 29.6 Å². The van der Waals surface area contributed by atoms with E-state index >= 15 is 0 Å². The van der Waals surface area contributed by atoms with Gasteiger partial charge in [0, 0.05) is 31.4 Å². The van der Waals surface area contributed by atoms with Crippen LogP contribution in [0, 0.1) is 5.92 Å². The Hall–Kier alpha value is -1.38. The van der Waals surface area contributed by atoms with Crippen LogP contribution in [0.15, 0.2) is 18.5 Å². The predicted octanol–water partition coefficient (Wildman–Crippen LogP) is 1.62. The Morgan fingerprint density at radius 3 is 3.00 bits per heavy atom. The van der Waals surface area contributed by atoms with Crippen molar-refractivity contribution in [2.45, 2.75) is 26.8 Å². The molecule has 0 saturated heterocycles. The lowest BCUT2D eigenvalue weighted by Crippen LogP contribution is -2.38. The normalized spacial score (nSPS) is 15.3. The largest absolute Gasteiger partial charge is 0.338 e. The molecule has 0 aliphatic carbocycles. The van der Waals surface area contributed by atoms with Crippen LogP contribution in [-0.4, -0.2) is 22.3 Å². The number of amides is 1. The fraction of sp³-hybridized carbons (Fsp3) is 0.500. The SMILES string of the molecule is CC(C)C(=O)N1CCc2ccncc2C1. The molecule has 3 heteroatoms. The highest BCUT2D eigenvalue weighted by atomic mass is 16.2. The lowest BCUT2D eigenvalue weighted by atomic mass is 10.0. The molecule has 80 valence electrons. The third kappa shape index (κ3) is 2.01. The quantitative estimate of drug-likeness (QED) is 0.696. The number of hydrogen-bond donors (Lipinski definition) is 0. The van der Waals surface area contributed by atoms with E-state index in [1.807, 2.05) is 37.2 Å². The molecule has 1 aliphatic heterocycles. The van der Waals surface area contributed by atoms with Crippen LogP contribution in [-0.2, 0) is 17.8 Å².